The van der Waals surface area contributed by atoms with Crippen LogP contribution in [-0.2, 0) is 0 Å². The average Bonchev–Trinajstić information content (AvgIpc) is 3.23. The van der Waals surface area contributed by atoms with Crippen LogP contribution in [-0.4, -0.2) is 25.7 Å². The van der Waals surface area contributed by atoms with Crippen molar-refractivity contribution in [3.05, 3.63) is 35.9 Å². The zero-order valence-corrected chi connectivity index (χ0v) is 12.2. The number of aliphatic hydroxyl groups excluding tert-OH is 2. The number of imidazole rings is 1. The van der Waals surface area contributed by atoms with Gasteiger partial charge in [0.25, 0.3) is 0 Å². The molecule has 2 heterocycles. The van der Waals surface area contributed by atoms with Crippen molar-refractivity contribution >= 4 is 5.52 Å². The number of hydrogen-bond acceptors (Lipinski definition) is 3. The van der Waals surface area contributed by atoms with Crippen molar-refractivity contribution in [3.63, 3.8) is 0 Å². The van der Waals surface area contributed by atoms with E-state index in [0.717, 1.165) is 36.8 Å². The van der Waals surface area contributed by atoms with Crippen molar-refractivity contribution in [2.75, 3.05) is 0 Å². The summed E-state index contributed by atoms with van der Waals surface area (Å²) < 4.78 is 2.00. The molecule has 21 heavy (non-hydrogen) atoms. The molecule has 1 atom stereocenters. The van der Waals surface area contributed by atoms with Gasteiger partial charge in [-0.2, -0.15) is 0 Å². The average molecular weight is 286 g/mol. The van der Waals surface area contributed by atoms with Crippen LogP contribution >= 0.6 is 0 Å². The molecular formula is C17H22N2O2. The van der Waals surface area contributed by atoms with Crippen LogP contribution in [0.2, 0.25) is 0 Å². The van der Waals surface area contributed by atoms with Gasteiger partial charge >= 0.3 is 0 Å². The second kappa shape index (κ2) is 5.11. The fourth-order valence-corrected chi connectivity index (χ4v) is 3.76. The molecule has 2 saturated carbocycles. The quantitative estimate of drug-likeness (QED) is 0.912. The van der Waals surface area contributed by atoms with Gasteiger partial charge in [0.15, 0.2) is 0 Å². The van der Waals surface area contributed by atoms with Crippen LogP contribution in [0.5, 0.6) is 0 Å². The molecule has 4 nitrogen and oxygen atoms in total. The predicted octanol–water partition coefficient (Wildman–Crippen LogP) is 2.80. The smallest absolute Gasteiger partial charge is 0.0992 e. The summed E-state index contributed by atoms with van der Waals surface area (Å²) in [6.45, 7) is 0. The van der Waals surface area contributed by atoms with Crippen molar-refractivity contribution < 1.29 is 10.2 Å². The Labute approximate surface area is 124 Å². The second-order valence-corrected chi connectivity index (χ2v) is 6.66. The van der Waals surface area contributed by atoms with E-state index in [1.165, 1.54) is 18.4 Å². The monoisotopic (exact) mass is 286 g/mol. The second-order valence-electron chi connectivity index (χ2n) is 6.66. The summed E-state index contributed by atoms with van der Waals surface area (Å²) in [5.74, 6) is 0.871. The normalized spacial score (nSPS) is 27.9. The summed E-state index contributed by atoms with van der Waals surface area (Å²) in [5.41, 5.74) is 3.43. The number of aliphatic hydroxyl groups is 2. The molecule has 0 bridgehead atoms. The van der Waals surface area contributed by atoms with Gasteiger partial charge in [-0.25, -0.2) is 4.98 Å². The SMILES string of the molecule is O[C@@H](c1c(C2CC2)ccn2cncc12)[C@H]1CC[C@H](O)CC1. The Bertz CT molecular complexity index is 639. The van der Waals surface area contributed by atoms with Crippen molar-refractivity contribution in [1.29, 1.82) is 0 Å². The molecule has 0 amide bonds. The van der Waals surface area contributed by atoms with E-state index in [9.17, 15) is 10.2 Å². The highest BCUT2D eigenvalue weighted by atomic mass is 16.3. The van der Waals surface area contributed by atoms with E-state index >= 15 is 0 Å². The first kappa shape index (κ1) is 13.3. The van der Waals surface area contributed by atoms with Crippen molar-refractivity contribution in [1.82, 2.24) is 9.38 Å². The molecule has 0 aliphatic heterocycles. The molecule has 4 rings (SSSR count). The zero-order chi connectivity index (χ0) is 14.4. The Hall–Kier alpha value is -1.39. The summed E-state index contributed by atoms with van der Waals surface area (Å²) in [7, 11) is 0. The van der Waals surface area contributed by atoms with Crippen molar-refractivity contribution in [2.45, 2.75) is 56.7 Å². The minimum Gasteiger partial charge on any atom is -0.393 e. The maximum Gasteiger partial charge on any atom is 0.0992 e. The lowest BCUT2D eigenvalue weighted by Gasteiger charge is -2.30. The highest BCUT2D eigenvalue weighted by molar-refractivity contribution is 5.59. The zero-order valence-electron chi connectivity index (χ0n) is 12.2. The molecule has 112 valence electrons. The molecule has 0 radical (unpaired) electrons. The first-order chi connectivity index (χ1) is 10.2. The number of hydrogen-bond donors (Lipinski definition) is 2. The predicted molar refractivity (Wildman–Crippen MR) is 80.1 cm³/mol. The summed E-state index contributed by atoms with van der Waals surface area (Å²) in [6, 6.07) is 2.16. The Morgan fingerprint density at radius 3 is 2.62 bits per heavy atom. The minimum atomic E-state index is -0.437. The van der Waals surface area contributed by atoms with E-state index in [2.05, 4.69) is 17.2 Å². The Morgan fingerprint density at radius 2 is 1.90 bits per heavy atom. The third-order valence-corrected chi connectivity index (χ3v) is 5.17. The number of fused-ring (bicyclic) bond motifs is 1. The first-order valence-electron chi connectivity index (χ1n) is 8.04. The number of pyridine rings is 1. The molecule has 2 aliphatic rings. The van der Waals surface area contributed by atoms with Gasteiger partial charge in [-0.05, 0) is 62.0 Å². The fraction of sp³-hybridized carbons (Fsp3) is 0.588. The van der Waals surface area contributed by atoms with Crippen LogP contribution in [0.3, 0.4) is 0 Å². The van der Waals surface area contributed by atoms with Gasteiger partial charge in [0.2, 0.25) is 0 Å². The lowest BCUT2D eigenvalue weighted by atomic mass is 9.80. The van der Waals surface area contributed by atoms with Crippen LogP contribution in [0.1, 0.15) is 61.7 Å². The maximum absolute atomic E-state index is 11.0. The Morgan fingerprint density at radius 1 is 1.14 bits per heavy atom. The molecule has 2 N–H and O–H groups in total. The fourth-order valence-electron chi connectivity index (χ4n) is 3.76. The van der Waals surface area contributed by atoms with Gasteiger partial charge < -0.3 is 14.6 Å². The standard InChI is InChI=1S/C17H22N2O2/c20-13-5-3-12(4-6-13)17(21)16-14(11-1-2-11)7-8-19-10-18-9-15(16)19/h7-13,17,20-21H,1-6H2/t12-,13-,17-/m1/s1. The van der Waals surface area contributed by atoms with Gasteiger partial charge in [-0.3, -0.25) is 0 Å². The molecule has 0 saturated heterocycles. The molecule has 2 fully saturated rings. The van der Waals surface area contributed by atoms with Crippen molar-refractivity contribution in [3.8, 4) is 0 Å². The maximum atomic E-state index is 11.0. The molecule has 4 heteroatoms. The lowest BCUT2D eigenvalue weighted by Crippen LogP contribution is -2.24. The molecule has 2 aromatic rings. The third-order valence-electron chi connectivity index (χ3n) is 5.17. The van der Waals surface area contributed by atoms with Crippen LogP contribution in [0, 0.1) is 5.92 Å². The molecule has 2 aliphatic carbocycles. The molecule has 2 aromatic heterocycles. The highest BCUT2D eigenvalue weighted by Gasteiger charge is 2.33. The van der Waals surface area contributed by atoms with E-state index in [0.29, 0.717) is 5.92 Å². The summed E-state index contributed by atoms with van der Waals surface area (Å²) in [5, 5.41) is 20.7. The third kappa shape index (κ3) is 2.36. The summed E-state index contributed by atoms with van der Waals surface area (Å²) in [6.07, 6.45) is 11.0. The summed E-state index contributed by atoms with van der Waals surface area (Å²) in [4.78, 5) is 4.23. The molecule has 0 aromatic carbocycles. The highest BCUT2D eigenvalue weighted by Crippen LogP contribution is 2.46. The van der Waals surface area contributed by atoms with Gasteiger partial charge in [-0.1, -0.05) is 0 Å². The van der Waals surface area contributed by atoms with Crippen LogP contribution in [0.4, 0.5) is 0 Å². The molecular weight excluding hydrogens is 264 g/mol. The van der Waals surface area contributed by atoms with Gasteiger partial charge in [0, 0.05) is 11.8 Å². The van der Waals surface area contributed by atoms with E-state index in [1.807, 2.05) is 10.6 Å². The van der Waals surface area contributed by atoms with E-state index in [4.69, 9.17) is 0 Å². The summed E-state index contributed by atoms with van der Waals surface area (Å²) >= 11 is 0. The van der Waals surface area contributed by atoms with Gasteiger partial charge in [0.05, 0.1) is 30.2 Å². The van der Waals surface area contributed by atoms with Crippen LogP contribution in [0.15, 0.2) is 24.8 Å². The van der Waals surface area contributed by atoms with E-state index in [1.54, 1.807) is 6.33 Å². The lowest BCUT2D eigenvalue weighted by molar-refractivity contribution is 0.0415. The largest absolute Gasteiger partial charge is 0.393 e. The number of aromatic nitrogens is 2. The van der Waals surface area contributed by atoms with Crippen molar-refractivity contribution in [2.24, 2.45) is 5.92 Å². The van der Waals surface area contributed by atoms with Gasteiger partial charge in [-0.15, -0.1) is 0 Å². The Kier molecular flexibility index (Phi) is 3.23. The van der Waals surface area contributed by atoms with Crippen LogP contribution in [0.25, 0.3) is 5.52 Å². The Balaban J connectivity index is 1.73. The number of rotatable bonds is 3. The first-order valence-corrected chi connectivity index (χ1v) is 8.04. The number of nitrogens with zero attached hydrogens (tertiary/aromatic N) is 2. The van der Waals surface area contributed by atoms with Crippen LogP contribution < -0.4 is 0 Å². The topological polar surface area (TPSA) is 57.8 Å². The molecule has 0 spiro atoms. The van der Waals surface area contributed by atoms with E-state index in [-0.39, 0.29) is 12.0 Å². The minimum absolute atomic E-state index is 0.179. The molecule has 0 unspecified atom stereocenters. The van der Waals surface area contributed by atoms with E-state index < -0.39 is 6.10 Å². The van der Waals surface area contributed by atoms with Gasteiger partial charge in [0.1, 0.15) is 0 Å².